The summed E-state index contributed by atoms with van der Waals surface area (Å²) < 4.78 is 0. The number of carbonyl (C=O) groups is 1. The molecule has 2 N–H and O–H groups in total. The highest BCUT2D eigenvalue weighted by molar-refractivity contribution is 5.76. The molecule has 2 heteroatoms. The Morgan fingerprint density at radius 3 is 2.12 bits per heavy atom. The summed E-state index contributed by atoms with van der Waals surface area (Å²) in [6.45, 7) is 0. The number of hydrogen-bond donors (Lipinski definition) is 1. The molecule has 1 saturated carbocycles. The largest absolute Gasteiger partial charge is 0.369 e. The van der Waals surface area contributed by atoms with Gasteiger partial charge >= 0.3 is 0 Å². The molecule has 0 radical (unpaired) electrons. The third-order valence-electron chi connectivity index (χ3n) is 1.76. The van der Waals surface area contributed by atoms with Gasteiger partial charge in [-0.3, -0.25) is 4.79 Å². The summed E-state index contributed by atoms with van der Waals surface area (Å²) in [6, 6.07) is 0. The number of nitrogens with two attached hydrogens (primary N) is 1. The monoisotopic (exact) mass is 113 g/mol. The van der Waals surface area contributed by atoms with Crippen LogP contribution in [0.2, 0.25) is 0 Å². The predicted octanol–water partition coefficient (Wildman–Crippen LogP) is 0.662. The molecule has 0 bridgehead atoms. The fourth-order valence-electron chi connectivity index (χ4n) is 1.21. The van der Waals surface area contributed by atoms with Crippen LogP contribution in [0.5, 0.6) is 0 Å². The molecule has 0 aliphatic heterocycles. The van der Waals surface area contributed by atoms with Gasteiger partial charge in [-0.2, -0.15) is 0 Å². The van der Waals surface area contributed by atoms with E-state index in [-0.39, 0.29) is 11.8 Å². The van der Waals surface area contributed by atoms with Gasteiger partial charge in [0, 0.05) is 5.92 Å². The van der Waals surface area contributed by atoms with Gasteiger partial charge in [0.05, 0.1) is 0 Å². The maximum absolute atomic E-state index is 10.4. The van der Waals surface area contributed by atoms with Gasteiger partial charge in [0.25, 0.3) is 0 Å². The van der Waals surface area contributed by atoms with E-state index in [2.05, 4.69) is 0 Å². The SMILES string of the molecule is NC(=O)C1CCCC1. The van der Waals surface area contributed by atoms with Gasteiger partial charge in [0.2, 0.25) is 5.91 Å². The minimum atomic E-state index is -0.109. The zero-order valence-electron chi connectivity index (χ0n) is 4.89. The molecular formula is C6H11NO. The van der Waals surface area contributed by atoms with Gasteiger partial charge in [0.1, 0.15) is 0 Å². The molecule has 46 valence electrons. The minimum Gasteiger partial charge on any atom is -0.369 e. The van der Waals surface area contributed by atoms with Crippen molar-refractivity contribution in [1.82, 2.24) is 0 Å². The van der Waals surface area contributed by atoms with E-state index in [1.165, 1.54) is 12.8 Å². The van der Waals surface area contributed by atoms with Crippen molar-refractivity contribution in [2.24, 2.45) is 11.7 Å². The lowest BCUT2D eigenvalue weighted by Crippen LogP contribution is -2.19. The second kappa shape index (κ2) is 2.16. The Hall–Kier alpha value is -0.530. The smallest absolute Gasteiger partial charge is 0.220 e. The van der Waals surface area contributed by atoms with E-state index in [1.807, 2.05) is 0 Å². The molecule has 0 aromatic carbocycles. The summed E-state index contributed by atoms with van der Waals surface area (Å²) in [7, 11) is 0. The Morgan fingerprint density at radius 1 is 1.38 bits per heavy atom. The molecule has 1 amide bonds. The van der Waals surface area contributed by atoms with Crippen molar-refractivity contribution in [3.63, 3.8) is 0 Å². The Labute approximate surface area is 49.1 Å². The maximum Gasteiger partial charge on any atom is 0.220 e. The summed E-state index contributed by atoms with van der Waals surface area (Å²) in [5.74, 6) is 0.0949. The quantitative estimate of drug-likeness (QED) is 0.533. The third-order valence-corrected chi connectivity index (χ3v) is 1.76. The molecule has 0 aromatic rings. The van der Waals surface area contributed by atoms with Crippen LogP contribution in [-0.4, -0.2) is 5.91 Å². The topological polar surface area (TPSA) is 43.1 Å². The molecule has 8 heavy (non-hydrogen) atoms. The molecule has 2 nitrogen and oxygen atoms in total. The molecule has 0 unspecified atom stereocenters. The van der Waals surface area contributed by atoms with E-state index in [0.717, 1.165) is 12.8 Å². The summed E-state index contributed by atoms with van der Waals surface area (Å²) in [5, 5.41) is 0. The highest BCUT2D eigenvalue weighted by Crippen LogP contribution is 2.23. The minimum absolute atomic E-state index is 0.109. The first-order valence-corrected chi connectivity index (χ1v) is 3.10. The zero-order valence-corrected chi connectivity index (χ0v) is 4.89. The van der Waals surface area contributed by atoms with Crippen molar-refractivity contribution in [2.75, 3.05) is 0 Å². The van der Waals surface area contributed by atoms with E-state index in [9.17, 15) is 4.79 Å². The lowest BCUT2D eigenvalue weighted by molar-refractivity contribution is -0.121. The molecular weight excluding hydrogens is 102 g/mol. The van der Waals surface area contributed by atoms with Crippen LogP contribution < -0.4 is 5.73 Å². The number of primary amides is 1. The van der Waals surface area contributed by atoms with Crippen molar-refractivity contribution >= 4 is 5.91 Å². The van der Waals surface area contributed by atoms with Gasteiger partial charge in [0.15, 0.2) is 0 Å². The molecule has 0 aromatic heterocycles. The standard InChI is InChI=1S/C6H11NO/c7-6(8)5-3-1-2-4-5/h5H,1-4H2,(H2,7,8). The fourth-order valence-corrected chi connectivity index (χ4v) is 1.21. The van der Waals surface area contributed by atoms with Crippen molar-refractivity contribution in [2.45, 2.75) is 25.7 Å². The zero-order chi connectivity index (χ0) is 5.98. The number of amides is 1. The van der Waals surface area contributed by atoms with E-state index in [0.29, 0.717) is 0 Å². The van der Waals surface area contributed by atoms with Crippen molar-refractivity contribution < 1.29 is 4.79 Å². The summed E-state index contributed by atoms with van der Waals surface area (Å²) >= 11 is 0. The Kier molecular flexibility index (Phi) is 1.51. The summed E-state index contributed by atoms with van der Waals surface area (Å²) in [6.07, 6.45) is 4.42. The van der Waals surface area contributed by atoms with Gasteiger partial charge < -0.3 is 5.73 Å². The Balaban J connectivity index is 2.35. The van der Waals surface area contributed by atoms with Crippen LogP contribution in [0.4, 0.5) is 0 Å². The lowest BCUT2D eigenvalue weighted by atomic mass is 10.1. The Morgan fingerprint density at radius 2 is 1.88 bits per heavy atom. The average molecular weight is 113 g/mol. The van der Waals surface area contributed by atoms with Crippen LogP contribution in [0.15, 0.2) is 0 Å². The number of rotatable bonds is 1. The summed E-state index contributed by atoms with van der Waals surface area (Å²) in [5.41, 5.74) is 5.06. The van der Waals surface area contributed by atoms with Crippen molar-refractivity contribution in [1.29, 1.82) is 0 Å². The molecule has 1 aliphatic rings. The normalized spacial score (nSPS) is 21.5. The first kappa shape index (κ1) is 5.60. The molecule has 0 spiro atoms. The van der Waals surface area contributed by atoms with E-state index in [1.54, 1.807) is 0 Å². The van der Waals surface area contributed by atoms with Gasteiger partial charge in [-0.1, -0.05) is 12.8 Å². The second-order valence-electron chi connectivity index (χ2n) is 2.38. The van der Waals surface area contributed by atoms with Crippen LogP contribution in [0.1, 0.15) is 25.7 Å². The summed E-state index contributed by atoms with van der Waals surface area (Å²) in [4.78, 5) is 10.4. The van der Waals surface area contributed by atoms with Crippen LogP contribution in [0.3, 0.4) is 0 Å². The predicted molar refractivity (Wildman–Crippen MR) is 31.2 cm³/mol. The average Bonchev–Trinajstić information content (AvgIpc) is 2.12. The number of carbonyl (C=O) groups excluding carboxylic acids is 1. The number of hydrogen-bond acceptors (Lipinski definition) is 1. The van der Waals surface area contributed by atoms with Crippen LogP contribution in [-0.2, 0) is 4.79 Å². The van der Waals surface area contributed by atoms with Crippen molar-refractivity contribution in [3.8, 4) is 0 Å². The van der Waals surface area contributed by atoms with Gasteiger partial charge in [-0.15, -0.1) is 0 Å². The van der Waals surface area contributed by atoms with Gasteiger partial charge in [-0.05, 0) is 12.8 Å². The molecule has 0 saturated heterocycles. The lowest BCUT2D eigenvalue weighted by Gasteiger charge is -1.98. The molecule has 1 aliphatic carbocycles. The van der Waals surface area contributed by atoms with E-state index < -0.39 is 0 Å². The first-order valence-electron chi connectivity index (χ1n) is 3.10. The Bertz CT molecular complexity index is 94.7. The van der Waals surface area contributed by atoms with Crippen LogP contribution in [0.25, 0.3) is 0 Å². The van der Waals surface area contributed by atoms with Crippen molar-refractivity contribution in [3.05, 3.63) is 0 Å². The van der Waals surface area contributed by atoms with E-state index >= 15 is 0 Å². The molecule has 0 heterocycles. The maximum atomic E-state index is 10.4. The van der Waals surface area contributed by atoms with Crippen LogP contribution >= 0.6 is 0 Å². The highest BCUT2D eigenvalue weighted by atomic mass is 16.1. The first-order chi connectivity index (χ1) is 3.80. The fraction of sp³-hybridized carbons (Fsp3) is 0.833. The second-order valence-corrected chi connectivity index (χ2v) is 2.38. The molecule has 0 atom stereocenters. The van der Waals surface area contributed by atoms with E-state index in [4.69, 9.17) is 5.73 Å². The third kappa shape index (κ3) is 0.997. The highest BCUT2D eigenvalue weighted by Gasteiger charge is 2.19. The van der Waals surface area contributed by atoms with Crippen LogP contribution in [0, 0.1) is 5.92 Å². The van der Waals surface area contributed by atoms with Gasteiger partial charge in [-0.25, -0.2) is 0 Å². The molecule has 1 fully saturated rings. The molecule has 1 rings (SSSR count).